The van der Waals surface area contributed by atoms with Gasteiger partial charge in [0, 0.05) is 5.02 Å². The van der Waals surface area contributed by atoms with Crippen LogP contribution in [-0.4, -0.2) is 5.91 Å². The Hall–Kier alpha value is -1.74. The van der Waals surface area contributed by atoms with Crippen molar-refractivity contribution in [3.8, 4) is 0 Å². The molecule has 19 heavy (non-hydrogen) atoms. The molecular formula is C15H16ClNO2. The topological polar surface area (TPSA) is 42.2 Å². The Morgan fingerprint density at radius 2 is 2.05 bits per heavy atom. The minimum atomic E-state index is -0.149. The lowest BCUT2D eigenvalue weighted by molar-refractivity contribution is -0.121. The van der Waals surface area contributed by atoms with Crippen LogP contribution >= 0.6 is 11.6 Å². The molecule has 0 saturated heterocycles. The summed E-state index contributed by atoms with van der Waals surface area (Å²) in [6.07, 6.45) is 0.268. The summed E-state index contributed by atoms with van der Waals surface area (Å²) in [5.41, 5.74) is 0.824. The van der Waals surface area contributed by atoms with Crippen LogP contribution in [-0.2, 0) is 11.2 Å². The number of benzene rings is 1. The fourth-order valence-electron chi connectivity index (χ4n) is 1.86. The van der Waals surface area contributed by atoms with Crippen molar-refractivity contribution in [2.24, 2.45) is 0 Å². The van der Waals surface area contributed by atoms with Crippen LogP contribution < -0.4 is 5.32 Å². The Balaban J connectivity index is 1.96. The first-order valence-corrected chi connectivity index (χ1v) is 6.53. The molecule has 1 amide bonds. The second kappa shape index (κ2) is 5.93. The summed E-state index contributed by atoms with van der Waals surface area (Å²) in [6, 6.07) is 10.9. The van der Waals surface area contributed by atoms with E-state index in [1.807, 2.05) is 44.2 Å². The molecular weight excluding hydrogens is 262 g/mol. The van der Waals surface area contributed by atoms with Crippen LogP contribution in [0.3, 0.4) is 0 Å². The molecule has 1 unspecified atom stereocenters. The van der Waals surface area contributed by atoms with Crippen molar-refractivity contribution < 1.29 is 9.21 Å². The monoisotopic (exact) mass is 277 g/mol. The molecule has 0 spiro atoms. The normalized spacial score (nSPS) is 12.2. The van der Waals surface area contributed by atoms with Crippen LogP contribution in [0.5, 0.6) is 0 Å². The van der Waals surface area contributed by atoms with Gasteiger partial charge < -0.3 is 9.73 Å². The van der Waals surface area contributed by atoms with E-state index in [-0.39, 0.29) is 18.4 Å². The number of carbonyl (C=O) groups excluding carboxylic acids is 1. The molecule has 0 fully saturated rings. The van der Waals surface area contributed by atoms with Crippen molar-refractivity contribution in [2.75, 3.05) is 0 Å². The summed E-state index contributed by atoms with van der Waals surface area (Å²) in [7, 11) is 0. The highest BCUT2D eigenvalue weighted by Gasteiger charge is 2.13. The lowest BCUT2D eigenvalue weighted by atomic mass is 10.1. The van der Waals surface area contributed by atoms with Crippen LogP contribution in [0, 0.1) is 6.92 Å². The molecule has 0 aliphatic rings. The number of furan rings is 1. The van der Waals surface area contributed by atoms with Crippen LogP contribution in [0.15, 0.2) is 40.8 Å². The predicted octanol–water partition coefficient (Wildman–Crippen LogP) is 3.66. The fourth-order valence-corrected chi connectivity index (χ4v) is 2.07. The highest BCUT2D eigenvalue weighted by molar-refractivity contribution is 6.31. The molecule has 0 aliphatic carbocycles. The molecule has 100 valence electrons. The van der Waals surface area contributed by atoms with Gasteiger partial charge in [-0.25, -0.2) is 0 Å². The predicted molar refractivity (Wildman–Crippen MR) is 75.2 cm³/mol. The maximum Gasteiger partial charge on any atom is 0.225 e. The van der Waals surface area contributed by atoms with Gasteiger partial charge >= 0.3 is 0 Å². The molecule has 1 heterocycles. The van der Waals surface area contributed by atoms with E-state index in [0.29, 0.717) is 5.02 Å². The SMILES string of the molecule is Cc1ccc(C(C)NC(=O)Cc2ccccc2Cl)o1. The highest BCUT2D eigenvalue weighted by Crippen LogP contribution is 2.18. The first-order chi connectivity index (χ1) is 9.06. The Bertz CT molecular complexity index is 577. The minimum Gasteiger partial charge on any atom is -0.464 e. The number of amides is 1. The molecule has 2 rings (SSSR count). The third kappa shape index (κ3) is 3.61. The lowest BCUT2D eigenvalue weighted by Crippen LogP contribution is -2.27. The summed E-state index contributed by atoms with van der Waals surface area (Å²) >= 11 is 6.03. The van der Waals surface area contributed by atoms with Crippen molar-refractivity contribution in [3.63, 3.8) is 0 Å². The molecule has 1 atom stereocenters. The second-order valence-corrected chi connectivity index (χ2v) is 4.91. The van der Waals surface area contributed by atoms with Crippen LogP contribution in [0.25, 0.3) is 0 Å². The molecule has 0 aliphatic heterocycles. The van der Waals surface area contributed by atoms with Crippen LogP contribution in [0.2, 0.25) is 5.02 Å². The van der Waals surface area contributed by atoms with Gasteiger partial charge in [0.25, 0.3) is 0 Å². The van der Waals surface area contributed by atoms with Crippen molar-refractivity contribution in [2.45, 2.75) is 26.3 Å². The number of rotatable bonds is 4. The largest absolute Gasteiger partial charge is 0.464 e. The van der Waals surface area contributed by atoms with E-state index in [0.717, 1.165) is 17.1 Å². The average molecular weight is 278 g/mol. The van der Waals surface area contributed by atoms with Gasteiger partial charge in [-0.1, -0.05) is 29.8 Å². The third-order valence-corrected chi connectivity index (χ3v) is 3.24. The third-order valence-electron chi connectivity index (χ3n) is 2.87. The first-order valence-electron chi connectivity index (χ1n) is 6.15. The van der Waals surface area contributed by atoms with Gasteiger partial charge in [0.2, 0.25) is 5.91 Å². The van der Waals surface area contributed by atoms with Gasteiger partial charge in [-0.2, -0.15) is 0 Å². The molecule has 4 heteroatoms. The van der Waals surface area contributed by atoms with Gasteiger partial charge in [-0.15, -0.1) is 0 Å². The van der Waals surface area contributed by atoms with E-state index in [2.05, 4.69) is 5.32 Å². The van der Waals surface area contributed by atoms with Crippen molar-refractivity contribution in [3.05, 3.63) is 58.5 Å². The molecule has 0 bridgehead atoms. The minimum absolute atomic E-state index is 0.0744. The van der Waals surface area contributed by atoms with E-state index < -0.39 is 0 Å². The highest BCUT2D eigenvalue weighted by atomic mass is 35.5. The van der Waals surface area contributed by atoms with E-state index in [9.17, 15) is 4.79 Å². The Kier molecular flexibility index (Phi) is 4.27. The zero-order valence-electron chi connectivity index (χ0n) is 10.9. The molecule has 2 aromatic rings. The maximum absolute atomic E-state index is 11.9. The lowest BCUT2D eigenvalue weighted by Gasteiger charge is -2.12. The van der Waals surface area contributed by atoms with Crippen LogP contribution in [0.1, 0.15) is 30.0 Å². The standard InChI is InChI=1S/C15H16ClNO2/c1-10-7-8-14(19-10)11(2)17-15(18)9-12-5-3-4-6-13(12)16/h3-8,11H,9H2,1-2H3,(H,17,18). The molecule has 1 aromatic carbocycles. The van der Waals surface area contributed by atoms with Gasteiger partial charge in [0.15, 0.2) is 0 Å². The van der Waals surface area contributed by atoms with Crippen LogP contribution in [0.4, 0.5) is 0 Å². The van der Waals surface area contributed by atoms with Gasteiger partial charge in [-0.3, -0.25) is 4.79 Å². The number of aryl methyl sites for hydroxylation is 1. The number of hydrogen-bond acceptors (Lipinski definition) is 2. The van der Waals surface area contributed by atoms with Crippen molar-refractivity contribution in [1.29, 1.82) is 0 Å². The number of hydrogen-bond donors (Lipinski definition) is 1. The fraction of sp³-hybridized carbons (Fsp3) is 0.267. The van der Waals surface area contributed by atoms with Crippen molar-refractivity contribution in [1.82, 2.24) is 5.32 Å². The van der Waals surface area contributed by atoms with Gasteiger partial charge in [0.05, 0.1) is 12.5 Å². The molecule has 0 radical (unpaired) electrons. The average Bonchev–Trinajstić information content (AvgIpc) is 2.79. The maximum atomic E-state index is 11.9. The zero-order chi connectivity index (χ0) is 13.8. The molecule has 1 aromatic heterocycles. The zero-order valence-corrected chi connectivity index (χ0v) is 11.7. The Labute approximate surface area is 117 Å². The first kappa shape index (κ1) is 13.7. The van der Waals surface area contributed by atoms with Crippen molar-refractivity contribution >= 4 is 17.5 Å². The molecule has 1 N–H and O–H groups in total. The number of nitrogens with one attached hydrogen (secondary N) is 1. The second-order valence-electron chi connectivity index (χ2n) is 4.51. The Morgan fingerprint density at radius 3 is 2.68 bits per heavy atom. The molecule has 0 saturated carbocycles. The summed E-state index contributed by atoms with van der Waals surface area (Å²) < 4.78 is 5.48. The summed E-state index contributed by atoms with van der Waals surface area (Å²) in [5, 5.41) is 3.50. The summed E-state index contributed by atoms with van der Waals surface area (Å²) in [6.45, 7) is 3.77. The van der Waals surface area contributed by atoms with E-state index in [1.165, 1.54) is 0 Å². The van der Waals surface area contributed by atoms with E-state index in [1.54, 1.807) is 6.07 Å². The van der Waals surface area contributed by atoms with Gasteiger partial charge in [-0.05, 0) is 37.6 Å². The van der Waals surface area contributed by atoms with Gasteiger partial charge in [0.1, 0.15) is 11.5 Å². The summed E-state index contributed by atoms with van der Waals surface area (Å²) in [4.78, 5) is 11.9. The Morgan fingerprint density at radius 1 is 1.32 bits per heavy atom. The van der Waals surface area contributed by atoms with E-state index in [4.69, 9.17) is 16.0 Å². The smallest absolute Gasteiger partial charge is 0.225 e. The molecule has 3 nitrogen and oxygen atoms in total. The number of carbonyl (C=O) groups is 1. The van der Waals surface area contributed by atoms with E-state index >= 15 is 0 Å². The quantitative estimate of drug-likeness (QED) is 0.927. The number of halogens is 1. The summed E-state index contributed by atoms with van der Waals surface area (Å²) in [5.74, 6) is 1.52.